The summed E-state index contributed by atoms with van der Waals surface area (Å²) in [6.45, 7) is 5.46. The molecule has 4 unspecified atom stereocenters. The Morgan fingerprint density at radius 1 is 1.35 bits per heavy atom. The molecule has 2 aliphatic rings. The Morgan fingerprint density at radius 3 is 2.76 bits per heavy atom. The summed E-state index contributed by atoms with van der Waals surface area (Å²) in [7, 11) is 1.83. The topological polar surface area (TPSA) is 38.5 Å². The lowest BCUT2D eigenvalue weighted by atomic mass is 9.78. The molecule has 1 saturated carbocycles. The number of likely N-dealkylation sites (tertiary alicyclic amines) is 1. The van der Waals surface area contributed by atoms with E-state index in [4.69, 9.17) is 10.5 Å². The van der Waals surface area contributed by atoms with Gasteiger partial charge in [-0.25, -0.2) is 0 Å². The van der Waals surface area contributed by atoms with Crippen LogP contribution in [0.1, 0.15) is 39.0 Å². The third-order valence-corrected chi connectivity index (χ3v) is 4.74. The van der Waals surface area contributed by atoms with E-state index in [1.165, 1.54) is 38.6 Å². The molecule has 0 radical (unpaired) electrons. The second kappa shape index (κ2) is 6.17. The van der Waals surface area contributed by atoms with E-state index >= 15 is 0 Å². The molecule has 1 aliphatic carbocycles. The first kappa shape index (κ1) is 13.3. The van der Waals surface area contributed by atoms with Gasteiger partial charge in [0, 0.05) is 32.8 Å². The molecule has 0 aromatic heterocycles. The minimum atomic E-state index is 0.435. The maximum absolute atomic E-state index is 6.03. The second-order valence-electron chi connectivity index (χ2n) is 5.98. The summed E-state index contributed by atoms with van der Waals surface area (Å²) in [5.74, 6) is 1.71. The number of nitrogens with zero attached hydrogens (tertiary/aromatic N) is 1. The minimum Gasteiger partial charge on any atom is -0.380 e. The summed E-state index contributed by atoms with van der Waals surface area (Å²) in [4.78, 5) is 2.58. The molecule has 0 aromatic rings. The summed E-state index contributed by atoms with van der Waals surface area (Å²) in [5.41, 5.74) is 6.03. The SMILES string of the molecule is COC1CCN(C(CN)C2CCCC(C)C2)C1. The van der Waals surface area contributed by atoms with E-state index in [2.05, 4.69) is 11.8 Å². The summed E-state index contributed by atoms with van der Waals surface area (Å²) >= 11 is 0. The van der Waals surface area contributed by atoms with Crippen molar-refractivity contribution in [3.63, 3.8) is 0 Å². The quantitative estimate of drug-likeness (QED) is 0.815. The van der Waals surface area contributed by atoms with Crippen LogP contribution in [0.3, 0.4) is 0 Å². The first-order valence-corrected chi connectivity index (χ1v) is 7.21. The van der Waals surface area contributed by atoms with Crippen molar-refractivity contribution in [2.45, 2.75) is 51.2 Å². The van der Waals surface area contributed by atoms with Crippen molar-refractivity contribution in [3.8, 4) is 0 Å². The zero-order valence-corrected chi connectivity index (χ0v) is 11.4. The van der Waals surface area contributed by atoms with Crippen LogP contribution in [0.15, 0.2) is 0 Å². The molecule has 1 saturated heterocycles. The summed E-state index contributed by atoms with van der Waals surface area (Å²) in [5, 5.41) is 0. The third-order valence-electron chi connectivity index (χ3n) is 4.74. The first-order valence-electron chi connectivity index (χ1n) is 7.21. The molecule has 2 rings (SSSR count). The van der Waals surface area contributed by atoms with Crippen LogP contribution < -0.4 is 5.73 Å². The maximum atomic E-state index is 6.03. The summed E-state index contributed by atoms with van der Waals surface area (Å²) in [6, 6.07) is 0.595. The molecule has 3 nitrogen and oxygen atoms in total. The van der Waals surface area contributed by atoms with Gasteiger partial charge in [0.05, 0.1) is 6.10 Å². The van der Waals surface area contributed by atoms with Gasteiger partial charge in [-0.05, 0) is 31.1 Å². The van der Waals surface area contributed by atoms with E-state index in [0.29, 0.717) is 12.1 Å². The summed E-state index contributed by atoms with van der Waals surface area (Å²) < 4.78 is 5.46. The third kappa shape index (κ3) is 3.21. The van der Waals surface area contributed by atoms with E-state index in [1.54, 1.807) is 0 Å². The van der Waals surface area contributed by atoms with Gasteiger partial charge in [-0.3, -0.25) is 4.90 Å². The Morgan fingerprint density at radius 2 is 2.18 bits per heavy atom. The van der Waals surface area contributed by atoms with Crippen LogP contribution in [0.4, 0.5) is 0 Å². The Hall–Kier alpha value is -0.120. The maximum Gasteiger partial charge on any atom is 0.0710 e. The van der Waals surface area contributed by atoms with Crippen molar-refractivity contribution < 1.29 is 4.74 Å². The molecule has 0 amide bonds. The van der Waals surface area contributed by atoms with Crippen LogP contribution in [-0.2, 0) is 4.74 Å². The Kier molecular flexibility index (Phi) is 4.83. The fourth-order valence-electron chi connectivity index (χ4n) is 3.72. The lowest BCUT2D eigenvalue weighted by molar-refractivity contribution is 0.0827. The van der Waals surface area contributed by atoms with Gasteiger partial charge in [0.1, 0.15) is 0 Å². The molecule has 0 bridgehead atoms. The van der Waals surface area contributed by atoms with Gasteiger partial charge in [0.25, 0.3) is 0 Å². The molecular formula is C14H28N2O. The molecular weight excluding hydrogens is 212 g/mol. The average Bonchev–Trinajstić information content (AvgIpc) is 2.79. The molecule has 3 heteroatoms. The van der Waals surface area contributed by atoms with Crippen molar-refractivity contribution >= 4 is 0 Å². The summed E-state index contributed by atoms with van der Waals surface area (Å²) in [6.07, 6.45) is 7.16. The highest BCUT2D eigenvalue weighted by molar-refractivity contribution is 4.88. The van der Waals surface area contributed by atoms with Crippen LogP contribution in [-0.4, -0.2) is 43.8 Å². The lowest BCUT2D eigenvalue weighted by Crippen LogP contribution is -2.46. The highest BCUT2D eigenvalue weighted by atomic mass is 16.5. The largest absolute Gasteiger partial charge is 0.380 e. The normalized spacial score (nSPS) is 37.2. The molecule has 1 heterocycles. The number of ether oxygens (including phenoxy) is 1. The molecule has 2 fully saturated rings. The van der Waals surface area contributed by atoms with Crippen LogP contribution in [0, 0.1) is 11.8 Å². The molecule has 17 heavy (non-hydrogen) atoms. The van der Waals surface area contributed by atoms with Crippen molar-refractivity contribution in [1.29, 1.82) is 0 Å². The molecule has 2 N–H and O–H groups in total. The van der Waals surface area contributed by atoms with Gasteiger partial charge in [-0.1, -0.05) is 19.8 Å². The number of hydrogen-bond acceptors (Lipinski definition) is 3. The first-order chi connectivity index (χ1) is 8.24. The van der Waals surface area contributed by atoms with Gasteiger partial charge >= 0.3 is 0 Å². The monoisotopic (exact) mass is 240 g/mol. The molecule has 1 aliphatic heterocycles. The van der Waals surface area contributed by atoms with E-state index in [9.17, 15) is 0 Å². The fraction of sp³-hybridized carbons (Fsp3) is 1.00. The van der Waals surface area contributed by atoms with Gasteiger partial charge < -0.3 is 10.5 Å². The zero-order chi connectivity index (χ0) is 12.3. The van der Waals surface area contributed by atoms with E-state index in [0.717, 1.165) is 24.9 Å². The molecule has 0 aromatic carbocycles. The zero-order valence-electron chi connectivity index (χ0n) is 11.4. The Balaban J connectivity index is 1.91. The van der Waals surface area contributed by atoms with Crippen molar-refractivity contribution in [2.75, 3.05) is 26.7 Å². The molecule has 0 spiro atoms. The Bertz CT molecular complexity index is 234. The number of rotatable bonds is 4. The average molecular weight is 240 g/mol. The molecule has 4 atom stereocenters. The standard InChI is InChI=1S/C14H28N2O/c1-11-4-3-5-12(8-11)14(9-15)16-7-6-13(10-16)17-2/h11-14H,3-10,15H2,1-2H3. The van der Waals surface area contributed by atoms with E-state index in [-0.39, 0.29) is 0 Å². The van der Waals surface area contributed by atoms with Gasteiger partial charge in [-0.15, -0.1) is 0 Å². The molecule has 100 valence electrons. The second-order valence-corrected chi connectivity index (χ2v) is 5.98. The van der Waals surface area contributed by atoms with Gasteiger partial charge in [0.15, 0.2) is 0 Å². The smallest absolute Gasteiger partial charge is 0.0710 e. The fourth-order valence-corrected chi connectivity index (χ4v) is 3.72. The van der Waals surface area contributed by atoms with E-state index < -0.39 is 0 Å². The van der Waals surface area contributed by atoms with Crippen molar-refractivity contribution in [2.24, 2.45) is 17.6 Å². The highest BCUT2D eigenvalue weighted by Gasteiger charge is 2.33. The van der Waals surface area contributed by atoms with E-state index in [1.807, 2.05) is 7.11 Å². The minimum absolute atomic E-state index is 0.435. The van der Waals surface area contributed by atoms with Gasteiger partial charge in [0.2, 0.25) is 0 Å². The Labute approximate surface area is 106 Å². The van der Waals surface area contributed by atoms with Crippen LogP contribution in [0.5, 0.6) is 0 Å². The van der Waals surface area contributed by atoms with Crippen LogP contribution in [0.2, 0.25) is 0 Å². The predicted octanol–water partition coefficient (Wildman–Crippen LogP) is 1.86. The van der Waals surface area contributed by atoms with Crippen molar-refractivity contribution in [1.82, 2.24) is 4.90 Å². The highest BCUT2D eigenvalue weighted by Crippen LogP contribution is 2.33. The number of hydrogen-bond donors (Lipinski definition) is 1. The predicted molar refractivity (Wildman–Crippen MR) is 71.0 cm³/mol. The van der Waals surface area contributed by atoms with Gasteiger partial charge in [-0.2, -0.15) is 0 Å². The lowest BCUT2D eigenvalue weighted by Gasteiger charge is -2.38. The van der Waals surface area contributed by atoms with Crippen molar-refractivity contribution in [3.05, 3.63) is 0 Å². The van der Waals surface area contributed by atoms with Crippen LogP contribution >= 0.6 is 0 Å². The van der Waals surface area contributed by atoms with Crippen LogP contribution in [0.25, 0.3) is 0 Å². The number of methoxy groups -OCH3 is 1. The number of nitrogens with two attached hydrogens (primary N) is 1.